The van der Waals surface area contributed by atoms with E-state index in [-0.39, 0.29) is 5.91 Å². The van der Waals surface area contributed by atoms with Crippen molar-refractivity contribution in [2.45, 2.75) is 6.92 Å². The van der Waals surface area contributed by atoms with Crippen LogP contribution in [0.4, 0.5) is 0 Å². The second kappa shape index (κ2) is 5.72. The van der Waals surface area contributed by atoms with Gasteiger partial charge in [0.05, 0.1) is 25.6 Å². The highest BCUT2D eigenvalue weighted by Gasteiger charge is 2.13. The molecular weight excluding hydrogens is 182 g/mol. The Morgan fingerprint density at radius 3 is 2.71 bits per heavy atom. The van der Waals surface area contributed by atoms with Crippen molar-refractivity contribution in [1.29, 1.82) is 0 Å². The summed E-state index contributed by atoms with van der Waals surface area (Å²) in [6.45, 7) is 5.29. The molecule has 80 valence electrons. The van der Waals surface area contributed by atoms with E-state index in [2.05, 4.69) is 15.2 Å². The van der Waals surface area contributed by atoms with E-state index in [0.717, 1.165) is 13.1 Å². The van der Waals surface area contributed by atoms with E-state index in [4.69, 9.17) is 4.74 Å². The number of aliphatic imine (C=N–C) groups is 1. The second-order valence-corrected chi connectivity index (χ2v) is 3.25. The molecule has 0 saturated carbocycles. The molecule has 1 heterocycles. The van der Waals surface area contributed by atoms with Crippen LogP contribution in [-0.4, -0.2) is 56.5 Å². The molecule has 0 unspecified atom stereocenters. The lowest BCUT2D eigenvalue weighted by Gasteiger charge is -2.25. The number of amidine groups is 1. The summed E-state index contributed by atoms with van der Waals surface area (Å²) in [6.07, 6.45) is 0. The maximum atomic E-state index is 11.4. The average molecular weight is 199 g/mol. The summed E-state index contributed by atoms with van der Waals surface area (Å²) in [5, 5.41) is 2.71. The Labute approximate surface area is 84.1 Å². The first-order valence-electron chi connectivity index (χ1n) is 4.75. The first-order valence-corrected chi connectivity index (χ1v) is 4.75. The van der Waals surface area contributed by atoms with Crippen molar-refractivity contribution in [2.24, 2.45) is 4.99 Å². The summed E-state index contributed by atoms with van der Waals surface area (Å²) >= 11 is 0. The van der Waals surface area contributed by atoms with Gasteiger partial charge >= 0.3 is 0 Å². The van der Waals surface area contributed by atoms with E-state index in [0.29, 0.717) is 25.6 Å². The predicted octanol–water partition coefficient (Wildman–Crippen LogP) is -0.517. The highest BCUT2D eigenvalue weighted by molar-refractivity contribution is 5.97. The lowest BCUT2D eigenvalue weighted by atomic mass is 10.4. The zero-order valence-electron chi connectivity index (χ0n) is 8.75. The molecule has 1 aliphatic rings. The third-order valence-electron chi connectivity index (χ3n) is 2.13. The topological polar surface area (TPSA) is 53.9 Å². The van der Waals surface area contributed by atoms with Gasteiger partial charge in [-0.3, -0.25) is 14.7 Å². The second-order valence-electron chi connectivity index (χ2n) is 3.25. The molecule has 1 saturated heterocycles. The van der Waals surface area contributed by atoms with Crippen LogP contribution >= 0.6 is 0 Å². The van der Waals surface area contributed by atoms with Crippen LogP contribution < -0.4 is 5.32 Å². The van der Waals surface area contributed by atoms with Gasteiger partial charge in [0.1, 0.15) is 0 Å². The largest absolute Gasteiger partial charge is 0.379 e. The molecule has 5 heteroatoms. The fraction of sp³-hybridized carbons (Fsp3) is 0.778. The Morgan fingerprint density at radius 1 is 1.50 bits per heavy atom. The molecule has 0 radical (unpaired) electrons. The van der Waals surface area contributed by atoms with Gasteiger partial charge in [-0.05, 0) is 6.92 Å². The molecule has 0 aliphatic carbocycles. The van der Waals surface area contributed by atoms with Gasteiger partial charge in [-0.2, -0.15) is 0 Å². The van der Waals surface area contributed by atoms with Gasteiger partial charge in [-0.15, -0.1) is 0 Å². The fourth-order valence-corrected chi connectivity index (χ4v) is 1.26. The minimum atomic E-state index is -0.00463. The summed E-state index contributed by atoms with van der Waals surface area (Å²) < 4.78 is 5.19. The van der Waals surface area contributed by atoms with Gasteiger partial charge in [0.25, 0.3) is 0 Å². The van der Waals surface area contributed by atoms with Crippen LogP contribution in [-0.2, 0) is 9.53 Å². The molecular formula is C9H17N3O2. The van der Waals surface area contributed by atoms with Gasteiger partial charge in [0.2, 0.25) is 5.91 Å². The summed E-state index contributed by atoms with van der Waals surface area (Å²) in [5.41, 5.74) is 0. The van der Waals surface area contributed by atoms with Crippen molar-refractivity contribution >= 4 is 11.7 Å². The molecule has 1 rings (SSSR count). The van der Waals surface area contributed by atoms with E-state index < -0.39 is 0 Å². The highest BCUT2D eigenvalue weighted by Crippen LogP contribution is 1.95. The lowest BCUT2D eigenvalue weighted by Crippen LogP contribution is -2.44. The molecule has 0 atom stereocenters. The van der Waals surface area contributed by atoms with Crippen LogP contribution in [0.5, 0.6) is 0 Å². The van der Waals surface area contributed by atoms with Gasteiger partial charge in [-0.25, -0.2) is 0 Å². The highest BCUT2D eigenvalue weighted by atomic mass is 16.5. The van der Waals surface area contributed by atoms with Crippen molar-refractivity contribution < 1.29 is 9.53 Å². The molecule has 1 fully saturated rings. The SMILES string of the molecule is CN=C(C)NC(=O)CN1CCOCC1. The van der Waals surface area contributed by atoms with Crippen LogP contribution in [0.2, 0.25) is 0 Å². The first kappa shape index (κ1) is 11.1. The van der Waals surface area contributed by atoms with Crippen LogP contribution in [0.1, 0.15) is 6.92 Å². The Kier molecular flexibility index (Phi) is 4.55. The third kappa shape index (κ3) is 3.85. The monoisotopic (exact) mass is 199 g/mol. The molecule has 1 N–H and O–H groups in total. The number of amides is 1. The Bertz CT molecular complexity index is 222. The molecule has 0 spiro atoms. The molecule has 0 bridgehead atoms. The van der Waals surface area contributed by atoms with E-state index in [1.165, 1.54) is 0 Å². The van der Waals surface area contributed by atoms with Crippen LogP contribution in [0, 0.1) is 0 Å². The fourth-order valence-electron chi connectivity index (χ4n) is 1.26. The van der Waals surface area contributed by atoms with Crippen molar-refractivity contribution in [3.63, 3.8) is 0 Å². The smallest absolute Gasteiger partial charge is 0.239 e. The molecule has 0 aromatic heterocycles. The summed E-state index contributed by atoms with van der Waals surface area (Å²) in [5.74, 6) is 0.651. The molecule has 0 aromatic carbocycles. The third-order valence-corrected chi connectivity index (χ3v) is 2.13. The van der Waals surface area contributed by atoms with Crippen molar-refractivity contribution in [1.82, 2.24) is 10.2 Å². The summed E-state index contributed by atoms with van der Waals surface area (Å²) in [6, 6.07) is 0. The minimum Gasteiger partial charge on any atom is -0.379 e. The standard InChI is InChI=1S/C9H17N3O2/c1-8(10-2)11-9(13)7-12-3-5-14-6-4-12/h3-7H2,1-2H3,(H,10,11,13). The van der Waals surface area contributed by atoms with Gasteiger partial charge in [0, 0.05) is 20.1 Å². The van der Waals surface area contributed by atoms with Crippen molar-refractivity contribution in [2.75, 3.05) is 39.9 Å². The number of ether oxygens (including phenoxy) is 1. The van der Waals surface area contributed by atoms with Crippen LogP contribution in [0.3, 0.4) is 0 Å². The first-order chi connectivity index (χ1) is 6.72. The number of nitrogens with zero attached hydrogens (tertiary/aromatic N) is 2. The average Bonchev–Trinajstić information content (AvgIpc) is 2.19. The maximum absolute atomic E-state index is 11.4. The number of hydrogen-bond donors (Lipinski definition) is 1. The van der Waals surface area contributed by atoms with Crippen molar-refractivity contribution in [3.8, 4) is 0 Å². The number of carbonyl (C=O) groups is 1. The van der Waals surface area contributed by atoms with Crippen molar-refractivity contribution in [3.05, 3.63) is 0 Å². The molecule has 1 amide bonds. The Morgan fingerprint density at radius 2 is 2.14 bits per heavy atom. The normalized spacial score (nSPS) is 19.4. The molecule has 14 heavy (non-hydrogen) atoms. The quantitative estimate of drug-likeness (QED) is 0.481. The Hall–Kier alpha value is -0.940. The Balaban J connectivity index is 2.25. The predicted molar refractivity (Wildman–Crippen MR) is 54.4 cm³/mol. The van der Waals surface area contributed by atoms with E-state index in [9.17, 15) is 4.79 Å². The lowest BCUT2D eigenvalue weighted by molar-refractivity contribution is -0.121. The molecule has 0 aromatic rings. The number of hydrogen-bond acceptors (Lipinski definition) is 4. The van der Waals surface area contributed by atoms with E-state index >= 15 is 0 Å². The molecule has 5 nitrogen and oxygen atoms in total. The van der Waals surface area contributed by atoms with Crippen LogP contribution in [0.25, 0.3) is 0 Å². The van der Waals surface area contributed by atoms with Gasteiger partial charge in [0.15, 0.2) is 0 Å². The number of morpholine rings is 1. The number of carbonyl (C=O) groups excluding carboxylic acids is 1. The van der Waals surface area contributed by atoms with E-state index in [1.54, 1.807) is 14.0 Å². The number of nitrogens with one attached hydrogen (secondary N) is 1. The summed E-state index contributed by atoms with van der Waals surface area (Å²) in [7, 11) is 1.66. The maximum Gasteiger partial charge on any atom is 0.239 e. The van der Waals surface area contributed by atoms with Gasteiger partial charge < -0.3 is 10.1 Å². The molecule has 1 aliphatic heterocycles. The summed E-state index contributed by atoms with van der Waals surface area (Å²) in [4.78, 5) is 17.3. The van der Waals surface area contributed by atoms with E-state index in [1.807, 2.05) is 0 Å². The van der Waals surface area contributed by atoms with Crippen LogP contribution in [0.15, 0.2) is 4.99 Å². The zero-order valence-corrected chi connectivity index (χ0v) is 8.75. The number of rotatable bonds is 2. The van der Waals surface area contributed by atoms with Gasteiger partial charge in [-0.1, -0.05) is 0 Å². The minimum absolute atomic E-state index is 0.00463. The zero-order chi connectivity index (χ0) is 10.4.